The van der Waals surface area contributed by atoms with E-state index in [2.05, 4.69) is 10.6 Å². The molecule has 0 aromatic rings. The molecule has 1 aliphatic rings. The fraction of sp³-hybridized carbons (Fsp3) is 0.800. The summed E-state index contributed by atoms with van der Waals surface area (Å²) >= 11 is 0. The van der Waals surface area contributed by atoms with Gasteiger partial charge >= 0.3 is 5.97 Å². The molecule has 0 unspecified atom stereocenters. The average molecular weight is 230 g/mol. The van der Waals surface area contributed by atoms with Crippen LogP contribution in [0.5, 0.6) is 0 Å². The minimum absolute atomic E-state index is 0.0506. The summed E-state index contributed by atoms with van der Waals surface area (Å²) in [5.41, 5.74) is 0. The molecule has 6 heteroatoms. The van der Waals surface area contributed by atoms with Crippen LogP contribution in [0.25, 0.3) is 0 Å². The van der Waals surface area contributed by atoms with E-state index < -0.39 is 12.1 Å². The van der Waals surface area contributed by atoms with Crippen LogP contribution in [0, 0.1) is 0 Å². The standard InChI is InChI=1S/C10H18N2O4/c13-8-4-2-1-3-7(8)11-5-9(14)12-6-10(15)16/h7-8,11,13H,1-6H2,(H,12,14)(H,15,16)/t7-,8-/m1/s1. The molecule has 0 bridgehead atoms. The molecule has 0 aromatic carbocycles. The number of carboxylic acid groups (broad SMARTS) is 1. The number of carbonyl (C=O) groups excluding carboxylic acids is 1. The predicted molar refractivity (Wildman–Crippen MR) is 56.9 cm³/mol. The van der Waals surface area contributed by atoms with Gasteiger partial charge in [-0.15, -0.1) is 0 Å². The van der Waals surface area contributed by atoms with E-state index in [4.69, 9.17) is 5.11 Å². The number of aliphatic carboxylic acids is 1. The number of carbonyl (C=O) groups is 2. The van der Waals surface area contributed by atoms with Gasteiger partial charge in [0.1, 0.15) is 6.54 Å². The van der Waals surface area contributed by atoms with Gasteiger partial charge in [0.05, 0.1) is 12.6 Å². The van der Waals surface area contributed by atoms with Crippen molar-refractivity contribution in [3.63, 3.8) is 0 Å². The molecular weight excluding hydrogens is 212 g/mol. The number of hydrogen-bond donors (Lipinski definition) is 4. The second-order valence-corrected chi connectivity index (χ2v) is 4.01. The maximum atomic E-state index is 11.2. The Morgan fingerprint density at radius 2 is 1.88 bits per heavy atom. The number of nitrogens with one attached hydrogen (secondary N) is 2. The van der Waals surface area contributed by atoms with Crippen LogP contribution in [0.3, 0.4) is 0 Å². The third kappa shape index (κ3) is 4.59. The lowest BCUT2D eigenvalue weighted by Crippen LogP contribution is -2.46. The number of aliphatic hydroxyl groups excluding tert-OH is 1. The topological polar surface area (TPSA) is 98.7 Å². The van der Waals surface area contributed by atoms with Crippen molar-refractivity contribution in [1.29, 1.82) is 0 Å². The Bertz CT molecular complexity index is 257. The van der Waals surface area contributed by atoms with Crippen molar-refractivity contribution in [1.82, 2.24) is 10.6 Å². The van der Waals surface area contributed by atoms with E-state index in [9.17, 15) is 14.7 Å². The molecule has 0 spiro atoms. The molecule has 0 saturated heterocycles. The minimum Gasteiger partial charge on any atom is -0.480 e. The largest absolute Gasteiger partial charge is 0.480 e. The van der Waals surface area contributed by atoms with Crippen molar-refractivity contribution in [2.75, 3.05) is 13.1 Å². The predicted octanol–water partition coefficient (Wildman–Crippen LogP) is -0.920. The van der Waals surface area contributed by atoms with E-state index >= 15 is 0 Å². The van der Waals surface area contributed by atoms with Crippen molar-refractivity contribution >= 4 is 11.9 Å². The summed E-state index contributed by atoms with van der Waals surface area (Å²) in [6.45, 7) is -0.317. The lowest BCUT2D eigenvalue weighted by atomic mass is 9.93. The third-order valence-electron chi connectivity index (χ3n) is 2.69. The summed E-state index contributed by atoms with van der Waals surface area (Å²) in [7, 11) is 0. The van der Waals surface area contributed by atoms with Gasteiger partial charge in [-0.3, -0.25) is 9.59 Å². The molecular formula is C10H18N2O4. The van der Waals surface area contributed by atoms with E-state index in [0.717, 1.165) is 25.7 Å². The van der Waals surface area contributed by atoms with Crippen molar-refractivity contribution in [3.8, 4) is 0 Å². The van der Waals surface area contributed by atoms with Gasteiger partial charge in [-0.25, -0.2) is 0 Å². The first kappa shape index (κ1) is 12.9. The summed E-state index contributed by atoms with van der Waals surface area (Å²) in [5, 5.41) is 23.2. The van der Waals surface area contributed by atoms with Crippen molar-refractivity contribution in [2.24, 2.45) is 0 Å². The number of amides is 1. The number of hydrogen-bond acceptors (Lipinski definition) is 4. The second kappa shape index (κ2) is 6.44. The normalized spacial score (nSPS) is 25.1. The SMILES string of the molecule is O=C(O)CNC(=O)CN[C@@H]1CCCC[C@H]1O. The monoisotopic (exact) mass is 230 g/mol. The summed E-state index contributed by atoms with van der Waals surface area (Å²) in [6.07, 6.45) is 3.28. The highest BCUT2D eigenvalue weighted by Crippen LogP contribution is 2.17. The smallest absolute Gasteiger partial charge is 0.322 e. The molecule has 4 N–H and O–H groups in total. The van der Waals surface area contributed by atoms with E-state index in [-0.39, 0.29) is 25.0 Å². The number of rotatable bonds is 5. The van der Waals surface area contributed by atoms with Crippen LogP contribution >= 0.6 is 0 Å². The Hall–Kier alpha value is -1.14. The summed E-state index contributed by atoms with van der Waals surface area (Å²) < 4.78 is 0. The highest BCUT2D eigenvalue weighted by Gasteiger charge is 2.22. The molecule has 0 heterocycles. The van der Waals surface area contributed by atoms with Crippen molar-refractivity contribution in [3.05, 3.63) is 0 Å². The van der Waals surface area contributed by atoms with Gasteiger partial charge in [0, 0.05) is 6.04 Å². The lowest BCUT2D eigenvalue weighted by molar-refractivity contribution is -0.137. The average Bonchev–Trinajstić information content (AvgIpc) is 2.25. The molecule has 6 nitrogen and oxygen atoms in total. The molecule has 92 valence electrons. The van der Waals surface area contributed by atoms with Gasteiger partial charge in [-0.05, 0) is 12.8 Å². The van der Waals surface area contributed by atoms with E-state index in [1.807, 2.05) is 0 Å². The van der Waals surface area contributed by atoms with Gasteiger partial charge in [0.2, 0.25) is 5.91 Å². The summed E-state index contributed by atoms with van der Waals surface area (Å²) in [4.78, 5) is 21.4. The first-order valence-corrected chi connectivity index (χ1v) is 5.49. The van der Waals surface area contributed by atoms with Crippen LogP contribution in [0.15, 0.2) is 0 Å². The highest BCUT2D eigenvalue weighted by molar-refractivity contribution is 5.82. The summed E-state index contributed by atoms with van der Waals surface area (Å²) in [5.74, 6) is -1.42. The van der Waals surface area contributed by atoms with Crippen LogP contribution in [0.4, 0.5) is 0 Å². The molecule has 16 heavy (non-hydrogen) atoms. The maximum absolute atomic E-state index is 11.2. The molecule has 0 radical (unpaired) electrons. The fourth-order valence-electron chi connectivity index (χ4n) is 1.81. The quantitative estimate of drug-likeness (QED) is 0.489. The second-order valence-electron chi connectivity index (χ2n) is 4.01. The Balaban J connectivity index is 2.17. The lowest BCUT2D eigenvalue weighted by Gasteiger charge is -2.28. The molecule has 1 aliphatic carbocycles. The van der Waals surface area contributed by atoms with Crippen LogP contribution in [-0.2, 0) is 9.59 Å². The van der Waals surface area contributed by atoms with Crippen LogP contribution in [0.2, 0.25) is 0 Å². The van der Waals surface area contributed by atoms with Gasteiger partial charge in [-0.2, -0.15) is 0 Å². The molecule has 2 atom stereocenters. The Kier molecular flexibility index (Phi) is 5.21. The Morgan fingerprint density at radius 1 is 1.19 bits per heavy atom. The van der Waals surface area contributed by atoms with Crippen molar-refractivity contribution < 1.29 is 19.8 Å². The fourth-order valence-corrected chi connectivity index (χ4v) is 1.81. The molecule has 0 aromatic heterocycles. The van der Waals surface area contributed by atoms with Crippen LogP contribution < -0.4 is 10.6 Å². The minimum atomic E-state index is -1.06. The van der Waals surface area contributed by atoms with E-state index in [1.54, 1.807) is 0 Å². The Morgan fingerprint density at radius 3 is 2.50 bits per heavy atom. The van der Waals surface area contributed by atoms with Gasteiger partial charge in [0.15, 0.2) is 0 Å². The first-order valence-electron chi connectivity index (χ1n) is 5.49. The first-order chi connectivity index (χ1) is 7.59. The van der Waals surface area contributed by atoms with Crippen LogP contribution in [-0.4, -0.2) is 47.3 Å². The highest BCUT2D eigenvalue weighted by atomic mass is 16.4. The van der Waals surface area contributed by atoms with Gasteiger partial charge in [-0.1, -0.05) is 12.8 Å². The van der Waals surface area contributed by atoms with E-state index in [0.29, 0.717) is 0 Å². The van der Waals surface area contributed by atoms with Gasteiger partial charge in [0.25, 0.3) is 0 Å². The Labute approximate surface area is 94.0 Å². The molecule has 0 aliphatic heterocycles. The molecule has 1 amide bonds. The zero-order valence-electron chi connectivity index (χ0n) is 9.11. The molecule has 1 saturated carbocycles. The molecule has 1 rings (SSSR count). The number of aliphatic hydroxyl groups is 1. The van der Waals surface area contributed by atoms with E-state index in [1.165, 1.54) is 0 Å². The summed E-state index contributed by atoms with van der Waals surface area (Å²) in [6, 6.07) is -0.0515. The van der Waals surface area contributed by atoms with Crippen molar-refractivity contribution in [2.45, 2.75) is 37.8 Å². The molecule has 1 fully saturated rings. The maximum Gasteiger partial charge on any atom is 0.322 e. The zero-order valence-corrected chi connectivity index (χ0v) is 9.11. The zero-order chi connectivity index (χ0) is 12.0. The van der Waals surface area contributed by atoms with Crippen LogP contribution in [0.1, 0.15) is 25.7 Å². The van der Waals surface area contributed by atoms with Gasteiger partial charge < -0.3 is 20.8 Å². The number of carboxylic acids is 1. The third-order valence-corrected chi connectivity index (χ3v) is 2.69.